The summed E-state index contributed by atoms with van der Waals surface area (Å²) in [6.45, 7) is 12.7. The second-order valence-corrected chi connectivity index (χ2v) is 9.13. The van der Waals surface area contributed by atoms with Crippen molar-refractivity contribution in [3.63, 3.8) is 0 Å². The maximum Gasteiger partial charge on any atom is 0.270 e. The second-order valence-electron chi connectivity index (χ2n) is 9.13. The average Bonchev–Trinajstić information content (AvgIpc) is 3.12. The predicted molar refractivity (Wildman–Crippen MR) is 124 cm³/mol. The number of benzene rings is 1. The lowest BCUT2D eigenvalue weighted by Crippen LogP contribution is -2.53. The van der Waals surface area contributed by atoms with E-state index in [-0.39, 0.29) is 17.7 Å². The third kappa shape index (κ3) is 4.34. The molecule has 1 N–H and O–H groups in total. The van der Waals surface area contributed by atoms with Crippen molar-refractivity contribution in [2.45, 2.75) is 40.5 Å². The Hall–Kier alpha value is -2.76. The minimum atomic E-state index is -0.0960. The highest BCUT2D eigenvalue weighted by Crippen LogP contribution is 2.26. The number of hydrogen-bond acceptors (Lipinski definition) is 3. The fourth-order valence-electron chi connectivity index (χ4n) is 4.98. The van der Waals surface area contributed by atoms with E-state index in [9.17, 15) is 9.59 Å². The Morgan fingerprint density at radius 1 is 0.935 bits per heavy atom. The number of H-pyrrole nitrogens is 1. The van der Waals surface area contributed by atoms with Crippen LogP contribution in [0, 0.1) is 33.6 Å². The van der Waals surface area contributed by atoms with Gasteiger partial charge in [0.15, 0.2) is 0 Å². The average molecular weight is 423 g/mol. The van der Waals surface area contributed by atoms with Gasteiger partial charge in [-0.1, -0.05) is 12.1 Å². The van der Waals surface area contributed by atoms with Gasteiger partial charge >= 0.3 is 0 Å². The van der Waals surface area contributed by atoms with E-state index in [2.05, 4.69) is 41.9 Å². The fourth-order valence-corrected chi connectivity index (χ4v) is 4.98. The van der Waals surface area contributed by atoms with Crippen LogP contribution in [0.5, 0.6) is 0 Å². The number of anilines is 1. The number of piperazine rings is 1. The first-order valence-electron chi connectivity index (χ1n) is 11.4. The van der Waals surface area contributed by atoms with E-state index in [0.717, 1.165) is 56.8 Å². The summed E-state index contributed by atoms with van der Waals surface area (Å²) < 4.78 is 0. The number of carbonyl (C=O) groups is 2. The van der Waals surface area contributed by atoms with Gasteiger partial charge in [0.2, 0.25) is 5.91 Å². The molecule has 6 nitrogen and oxygen atoms in total. The van der Waals surface area contributed by atoms with Crippen LogP contribution in [0.4, 0.5) is 5.69 Å². The number of rotatable bonds is 3. The lowest BCUT2D eigenvalue weighted by atomic mass is 9.95. The van der Waals surface area contributed by atoms with Gasteiger partial charge in [-0.05, 0) is 69.4 Å². The molecule has 1 atom stereocenters. The van der Waals surface area contributed by atoms with Gasteiger partial charge in [-0.2, -0.15) is 0 Å². The van der Waals surface area contributed by atoms with E-state index in [1.54, 1.807) is 0 Å². The first-order chi connectivity index (χ1) is 14.8. The number of likely N-dealkylation sites (tertiary alicyclic amines) is 1. The number of carbonyl (C=O) groups excluding carboxylic acids is 2. The molecule has 2 aliphatic heterocycles. The molecular formula is C25H34N4O2. The number of amides is 2. The van der Waals surface area contributed by atoms with Gasteiger partial charge in [0, 0.05) is 50.6 Å². The monoisotopic (exact) mass is 422 g/mol. The summed E-state index contributed by atoms with van der Waals surface area (Å²) in [7, 11) is 0. The molecule has 0 saturated carbocycles. The zero-order chi connectivity index (χ0) is 22.1. The van der Waals surface area contributed by atoms with E-state index in [1.807, 2.05) is 29.7 Å². The Morgan fingerprint density at radius 3 is 2.35 bits per heavy atom. The Bertz CT molecular complexity index is 972. The van der Waals surface area contributed by atoms with Crippen LogP contribution in [0.1, 0.15) is 45.7 Å². The van der Waals surface area contributed by atoms with Crippen LogP contribution in [0.15, 0.2) is 24.3 Å². The van der Waals surface area contributed by atoms with Crippen molar-refractivity contribution in [3.05, 3.63) is 52.3 Å². The molecule has 6 heteroatoms. The first kappa shape index (κ1) is 21.5. The molecule has 2 aliphatic rings. The molecule has 0 bridgehead atoms. The topological polar surface area (TPSA) is 59.7 Å². The molecule has 0 aliphatic carbocycles. The van der Waals surface area contributed by atoms with Crippen LogP contribution in [-0.4, -0.2) is 65.9 Å². The normalized spacial score (nSPS) is 19.6. The summed E-state index contributed by atoms with van der Waals surface area (Å²) in [5.74, 6) is 0.127. The summed E-state index contributed by atoms with van der Waals surface area (Å²) in [6, 6.07) is 8.42. The number of nitrogens with zero attached hydrogens (tertiary/aromatic N) is 3. The zero-order valence-electron chi connectivity index (χ0n) is 19.2. The number of aromatic amines is 1. The summed E-state index contributed by atoms with van der Waals surface area (Å²) in [6.07, 6.45) is 1.74. The Morgan fingerprint density at radius 2 is 1.68 bits per heavy atom. The SMILES string of the molecule is Cc1cc(C)c(C(=O)N2CCCC(C(=O)N3CCN(c4cccc(C)c4C)CC3)C2)[nH]1. The van der Waals surface area contributed by atoms with Crippen LogP contribution in [0.25, 0.3) is 0 Å². The van der Waals surface area contributed by atoms with Gasteiger partial charge in [0.25, 0.3) is 5.91 Å². The molecule has 1 unspecified atom stereocenters. The number of piperidine rings is 1. The Kier molecular flexibility index (Phi) is 6.08. The highest BCUT2D eigenvalue weighted by atomic mass is 16.2. The molecule has 0 radical (unpaired) electrons. The molecule has 1 aromatic heterocycles. The van der Waals surface area contributed by atoms with Gasteiger partial charge in [-0.25, -0.2) is 0 Å². The van der Waals surface area contributed by atoms with Crippen molar-refractivity contribution < 1.29 is 9.59 Å². The molecule has 3 heterocycles. The standard InChI is InChI=1S/C25H34N4O2/c1-17-7-5-9-22(20(17)4)27-11-13-28(14-12-27)24(30)21-8-6-10-29(16-21)25(31)23-18(2)15-19(3)26-23/h5,7,9,15,21,26H,6,8,10-14,16H2,1-4H3. The zero-order valence-corrected chi connectivity index (χ0v) is 19.2. The van der Waals surface area contributed by atoms with Crippen molar-refractivity contribution in [1.82, 2.24) is 14.8 Å². The smallest absolute Gasteiger partial charge is 0.270 e. The van der Waals surface area contributed by atoms with E-state index in [0.29, 0.717) is 12.2 Å². The van der Waals surface area contributed by atoms with Crippen LogP contribution in [0.2, 0.25) is 0 Å². The number of aromatic nitrogens is 1. The molecule has 2 amide bonds. The Labute approximate surface area is 185 Å². The minimum absolute atomic E-state index is 0.0165. The molecule has 31 heavy (non-hydrogen) atoms. The van der Waals surface area contributed by atoms with Gasteiger partial charge in [-0.15, -0.1) is 0 Å². The molecule has 166 valence electrons. The van der Waals surface area contributed by atoms with Crippen LogP contribution < -0.4 is 4.90 Å². The van der Waals surface area contributed by atoms with Gasteiger partial charge in [0.1, 0.15) is 5.69 Å². The van der Waals surface area contributed by atoms with Crippen LogP contribution >= 0.6 is 0 Å². The molecule has 2 aromatic rings. The van der Waals surface area contributed by atoms with E-state index in [1.165, 1.54) is 16.8 Å². The Balaban J connectivity index is 1.37. The van der Waals surface area contributed by atoms with Crippen molar-refractivity contribution in [2.24, 2.45) is 5.92 Å². The van der Waals surface area contributed by atoms with Crippen molar-refractivity contribution in [2.75, 3.05) is 44.2 Å². The molecule has 1 aromatic carbocycles. The number of aryl methyl sites for hydroxylation is 3. The highest BCUT2D eigenvalue weighted by molar-refractivity contribution is 5.94. The second kappa shape index (κ2) is 8.77. The lowest BCUT2D eigenvalue weighted by molar-refractivity contribution is -0.137. The molecule has 2 fully saturated rings. The van der Waals surface area contributed by atoms with Gasteiger partial charge in [-0.3, -0.25) is 9.59 Å². The maximum atomic E-state index is 13.3. The van der Waals surface area contributed by atoms with Gasteiger partial charge < -0.3 is 19.7 Å². The van der Waals surface area contributed by atoms with Crippen LogP contribution in [-0.2, 0) is 4.79 Å². The quantitative estimate of drug-likeness (QED) is 0.824. The predicted octanol–water partition coefficient (Wildman–Crippen LogP) is 3.45. The fraction of sp³-hybridized carbons (Fsp3) is 0.520. The number of hydrogen-bond donors (Lipinski definition) is 1. The lowest BCUT2D eigenvalue weighted by Gasteiger charge is -2.40. The van der Waals surface area contributed by atoms with Gasteiger partial charge in [0.05, 0.1) is 5.92 Å². The van der Waals surface area contributed by atoms with E-state index in [4.69, 9.17) is 0 Å². The van der Waals surface area contributed by atoms with Crippen molar-refractivity contribution in [3.8, 4) is 0 Å². The largest absolute Gasteiger partial charge is 0.368 e. The summed E-state index contributed by atoms with van der Waals surface area (Å²) in [4.78, 5) is 35.7. The van der Waals surface area contributed by atoms with Crippen molar-refractivity contribution in [1.29, 1.82) is 0 Å². The van der Waals surface area contributed by atoms with Crippen LogP contribution in [0.3, 0.4) is 0 Å². The first-order valence-corrected chi connectivity index (χ1v) is 11.4. The minimum Gasteiger partial charge on any atom is -0.368 e. The molecular weight excluding hydrogens is 388 g/mol. The summed E-state index contributed by atoms with van der Waals surface area (Å²) in [5, 5.41) is 0. The summed E-state index contributed by atoms with van der Waals surface area (Å²) in [5.41, 5.74) is 6.52. The molecule has 4 rings (SSSR count). The third-order valence-corrected chi connectivity index (χ3v) is 6.93. The highest BCUT2D eigenvalue weighted by Gasteiger charge is 2.33. The summed E-state index contributed by atoms with van der Waals surface area (Å²) >= 11 is 0. The van der Waals surface area contributed by atoms with E-state index >= 15 is 0 Å². The molecule has 0 spiro atoms. The molecule has 2 saturated heterocycles. The van der Waals surface area contributed by atoms with Crippen molar-refractivity contribution >= 4 is 17.5 Å². The van der Waals surface area contributed by atoms with E-state index < -0.39 is 0 Å². The third-order valence-electron chi connectivity index (χ3n) is 6.93. The number of nitrogens with one attached hydrogen (secondary N) is 1. The maximum absolute atomic E-state index is 13.3.